The normalized spacial score (nSPS) is 10.9. The van der Waals surface area contributed by atoms with E-state index < -0.39 is 0 Å². The van der Waals surface area contributed by atoms with Crippen molar-refractivity contribution in [3.63, 3.8) is 0 Å². The zero-order valence-corrected chi connectivity index (χ0v) is 7.42. The van der Waals surface area contributed by atoms with Gasteiger partial charge in [0.25, 0.3) is 0 Å². The lowest BCUT2D eigenvalue weighted by Gasteiger charge is -2.00. The third kappa shape index (κ3) is 5.58. The number of amides is 1. The van der Waals surface area contributed by atoms with Crippen molar-refractivity contribution in [2.45, 2.75) is 33.6 Å². The first-order chi connectivity index (χ1) is 5.18. The molecule has 0 aromatic heterocycles. The minimum Gasteiger partial charge on any atom is -0.273 e. The number of hydrazone groups is 1. The van der Waals surface area contributed by atoms with Gasteiger partial charge in [0.15, 0.2) is 0 Å². The molecule has 0 aromatic carbocycles. The number of unbranched alkanes of at least 4 members (excludes halogenated alkanes) is 1. The van der Waals surface area contributed by atoms with Gasteiger partial charge in [-0.25, -0.2) is 5.43 Å². The van der Waals surface area contributed by atoms with E-state index in [0.717, 1.165) is 12.8 Å². The molecule has 3 nitrogen and oxygen atoms in total. The van der Waals surface area contributed by atoms with Crippen molar-refractivity contribution in [2.24, 2.45) is 11.0 Å². The minimum absolute atomic E-state index is 0.00813. The molecular weight excluding hydrogens is 140 g/mol. The molecule has 1 N–H and O–H groups in total. The Morgan fingerprint density at radius 1 is 1.64 bits per heavy atom. The highest BCUT2D eigenvalue weighted by molar-refractivity contribution is 5.78. The summed E-state index contributed by atoms with van der Waals surface area (Å²) in [5.74, 6) is -0.0221. The third-order valence-corrected chi connectivity index (χ3v) is 1.21. The van der Waals surface area contributed by atoms with Crippen molar-refractivity contribution in [1.82, 2.24) is 5.43 Å². The van der Waals surface area contributed by atoms with Gasteiger partial charge in [0.2, 0.25) is 5.91 Å². The molecular formula is C8H16N2O. The summed E-state index contributed by atoms with van der Waals surface area (Å²) in [6.07, 6.45) is 3.69. The minimum atomic E-state index is -0.0302. The lowest BCUT2D eigenvalue weighted by Crippen LogP contribution is -2.22. The van der Waals surface area contributed by atoms with Gasteiger partial charge in [-0.3, -0.25) is 4.79 Å². The maximum absolute atomic E-state index is 10.9. The Morgan fingerprint density at radius 2 is 2.27 bits per heavy atom. The molecule has 0 aliphatic heterocycles. The standard InChI is InChI=1S/C8H16N2O/c1-4-5-6-9-10-8(11)7(2)3/h6-7H,4-5H2,1-3H3,(H,10,11)/b9-6-. The summed E-state index contributed by atoms with van der Waals surface area (Å²) >= 11 is 0. The fraction of sp³-hybridized carbons (Fsp3) is 0.750. The number of nitrogens with one attached hydrogen (secondary N) is 1. The van der Waals surface area contributed by atoms with Crippen LogP contribution in [0.4, 0.5) is 0 Å². The molecule has 0 fully saturated rings. The maximum atomic E-state index is 10.9. The van der Waals surface area contributed by atoms with Crippen molar-refractivity contribution in [2.75, 3.05) is 0 Å². The molecule has 0 saturated heterocycles. The van der Waals surface area contributed by atoms with Crippen LogP contribution < -0.4 is 5.43 Å². The number of carbonyl (C=O) groups excluding carboxylic acids is 1. The van der Waals surface area contributed by atoms with E-state index in [4.69, 9.17) is 0 Å². The van der Waals surface area contributed by atoms with Crippen LogP contribution in [0.1, 0.15) is 33.6 Å². The van der Waals surface area contributed by atoms with Gasteiger partial charge in [0, 0.05) is 12.1 Å². The van der Waals surface area contributed by atoms with Crippen LogP contribution in [0.15, 0.2) is 5.10 Å². The zero-order chi connectivity index (χ0) is 8.69. The highest BCUT2D eigenvalue weighted by Gasteiger charge is 2.02. The van der Waals surface area contributed by atoms with Gasteiger partial charge in [-0.1, -0.05) is 27.2 Å². The second-order valence-corrected chi connectivity index (χ2v) is 2.73. The fourth-order valence-corrected chi connectivity index (χ4v) is 0.432. The van der Waals surface area contributed by atoms with Crippen LogP contribution in [-0.4, -0.2) is 12.1 Å². The summed E-state index contributed by atoms with van der Waals surface area (Å²) in [6, 6.07) is 0. The number of carbonyl (C=O) groups is 1. The molecule has 11 heavy (non-hydrogen) atoms. The molecule has 0 saturated carbocycles. The molecule has 3 heteroatoms. The van der Waals surface area contributed by atoms with E-state index in [1.807, 2.05) is 13.8 Å². The van der Waals surface area contributed by atoms with E-state index in [9.17, 15) is 4.79 Å². The van der Waals surface area contributed by atoms with Gasteiger partial charge in [-0.15, -0.1) is 0 Å². The molecule has 0 unspecified atom stereocenters. The summed E-state index contributed by atoms with van der Waals surface area (Å²) in [6.45, 7) is 5.74. The molecule has 0 aromatic rings. The summed E-state index contributed by atoms with van der Waals surface area (Å²) in [5, 5.41) is 3.76. The van der Waals surface area contributed by atoms with Crippen LogP contribution in [0.5, 0.6) is 0 Å². The summed E-state index contributed by atoms with van der Waals surface area (Å²) in [4.78, 5) is 10.9. The molecule has 0 bridgehead atoms. The zero-order valence-electron chi connectivity index (χ0n) is 7.42. The second-order valence-electron chi connectivity index (χ2n) is 2.73. The first-order valence-electron chi connectivity index (χ1n) is 3.99. The van der Waals surface area contributed by atoms with Crippen molar-refractivity contribution in [1.29, 1.82) is 0 Å². The summed E-state index contributed by atoms with van der Waals surface area (Å²) in [7, 11) is 0. The monoisotopic (exact) mass is 156 g/mol. The van der Waals surface area contributed by atoms with Gasteiger partial charge in [0.05, 0.1) is 0 Å². The summed E-state index contributed by atoms with van der Waals surface area (Å²) < 4.78 is 0. The topological polar surface area (TPSA) is 41.5 Å². The third-order valence-electron chi connectivity index (χ3n) is 1.21. The molecule has 0 rings (SSSR count). The number of nitrogens with zero attached hydrogens (tertiary/aromatic N) is 1. The average molecular weight is 156 g/mol. The highest BCUT2D eigenvalue weighted by atomic mass is 16.2. The maximum Gasteiger partial charge on any atom is 0.242 e. The van der Waals surface area contributed by atoms with Gasteiger partial charge in [-0.2, -0.15) is 5.10 Å². The first kappa shape index (κ1) is 10.1. The highest BCUT2D eigenvalue weighted by Crippen LogP contribution is 1.89. The average Bonchev–Trinajstić information content (AvgIpc) is 1.97. The number of rotatable bonds is 4. The SMILES string of the molecule is CCC/C=N\NC(=O)C(C)C. The van der Waals surface area contributed by atoms with Gasteiger partial charge in [0.1, 0.15) is 0 Å². The quantitative estimate of drug-likeness (QED) is 0.487. The molecule has 1 amide bonds. The van der Waals surface area contributed by atoms with Crippen molar-refractivity contribution >= 4 is 12.1 Å². The molecule has 64 valence electrons. The molecule has 0 spiro atoms. The Hall–Kier alpha value is -0.860. The van der Waals surface area contributed by atoms with Crippen LogP contribution in [0.25, 0.3) is 0 Å². The Kier molecular flexibility index (Phi) is 5.43. The van der Waals surface area contributed by atoms with E-state index in [1.165, 1.54) is 0 Å². The van der Waals surface area contributed by atoms with E-state index in [1.54, 1.807) is 6.21 Å². The Labute approximate surface area is 67.9 Å². The summed E-state index contributed by atoms with van der Waals surface area (Å²) in [5.41, 5.74) is 2.45. The van der Waals surface area contributed by atoms with Gasteiger partial charge in [-0.05, 0) is 6.42 Å². The van der Waals surface area contributed by atoms with Crippen LogP contribution in [0.3, 0.4) is 0 Å². The van der Waals surface area contributed by atoms with Crippen molar-refractivity contribution in [3.8, 4) is 0 Å². The van der Waals surface area contributed by atoms with E-state index >= 15 is 0 Å². The van der Waals surface area contributed by atoms with Crippen molar-refractivity contribution in [3.05, 3.63) is 0 Å². The predicted octanol–water partition coefficient (Wildman–Crippen LogP) is 1.54. The molecule has 0 atom stereocenters. The molecule has 0 heterocycles. The number of hydrogen-bond acceptors (Lipinski definition) is 2. The second kappa shape index (κ2) is 5.89. The van der Waals surface area contributed by atoms with Gasteiger partial charge >= 0.3 is 0 Å². The Balaban J connectivity index is 3.45. The van der Waals surface area contributed by atoms with Crippen LogP contribution in [0, 0.1) is 5.92 Å². The first-order valence-corrected chi connectivity index (χ1v) is 3.99. The Bertz CT molecular complexity index is 141. The predicted molar refractivity (Wildman–Crippen MR) is 46.4 cm³/mol. The van der Waals surface area contributed by atoms with Gasteiger partial charge < -0.3 is 0 Å². The van der Waals surface area contributed by atoms with Crippen LogP contribution in [-0.2, 0) is 4.79 Å². The fourth-order valence-electron chi connectivity index (χ4n) is 0.432. The van der Waals surface area contributed by atoms with Crippen LogP contribution >= 0.6 is 0 Å². The molecule has 0 radical (unpaired) electrons. The molecule has 0 aliphatic rings. The Morgan fingerprint density at radius 3 is 2.73 bits per heavy atom. The van der Waals surface area contributed by atoms with Crippen molar-refractivity contribution < 1.29 is 4.79 Å². The van der Waals surface area contributed by atoms with Crippen LogP contribution in [0.2, 0.25) is 0 Å². The van der Waals surface area contributed by atoms with E-state index in [2.05, 4.69) is 17.5 Å². The lowest BCUT2D eigenvalue weighted by molar-refractivity contribution is -0.123. The number of hydrogen-bond donors (Lipinski definition) is 1. The van der Waals surface area contributed by atoms with E-state index in [0.29, 0.717) is 0 Å². The smallest absolute Gasteiger partial charge is 0.242 e. The van der Waals surface area contributed by atoms with E-state index in [-0.39, 0.29) is 11.8 Å². The lowest BCUT2D eigenvalue weighted by atomic mass is 10.2. The largest absolute Gasteiger partial charge is 0.273 e. The molecule has 0 aliphatic carbocycles.